The van der Waals surface area contributed by atoms with Crippen molar-refractivity contribution >= 4 is 75.4 Å². The molecule has 57 heavy (non-hydrogen) atoms. The fourth-order valence-electron chi connectivity index (χ4n) is 8.38. The molecule has 0 N–H and O–H groups in total. The average Bonchev–Trinajstić information content (AvgIpc) is 3.98. The van der Waals surface area contributed by atoms with Crippen LogP contribution in [0.2, 0.25) is 0 Å². The van der Waals surface area contributed by atoms with E-state index >= 15 is 0 Å². The molecule has 0 amide bonds. The van der Waals surface area contributed by atoms with Gasteiger partial charge in [-0.25, -0.2) is 15.0 Å². The zero-order chi connectivity index (χ0) is 37.5. The molecule has 266 valence electrons. The van der Waals surface area contributed by atoms with Crippen LogP contribution in [0, 0.1) is 0 Å². The van der Waals surface area contributed by atoms with Gasteiger partial charge in [-0.3, -0.25) is 0 Å². The minimum atomic E-state index is 0.557. The second-order valence-electron chi connectivity index (χ2n) is 14.3. The van der Waals surface area contributed by atoms with Crippen LogP contribution in [0.3, 0.4) is 0 Å². The van der Waals surface area contributed by atoms with Crippen molar-refractivity contribution in [3.63, 3.8) is 0 Å². The Morgan fingerprint density at radius 3 is 1.68 bits per heavy atom. The number of hydrogen-bond donors (Lipinski definition) is 0. The van der Waals surface area contributed by atoms with Gasteiger partial charge in [0.2, 0.25) is 0 Å². The van der Waals surface area contributed by atoms with E-state index in [-0.39, 0.29) is 0 Å². The van der Waals surface area contributed by atoms with Crippen LogP contribution < -0.4 is 0 Å². The summed E-state index contributed by atoms with van der Waals surface area (Å²) >= 11 is 1.82. The molecule has 0 saturated carbocycles. The van der Waals surface area contributed by atoms with Gasteiger partial charge >= 0.3 is 0 Å². The average molecular weight is 748 g/mol. The van der Waals surface area contributed by atoms with Crippen LogP contribution in [0.4, 0.5) is 0 Å². The van der Waals surface area contributed by atoms with Crippen LogP contribution >= 0.6 is 11.3 Å². The summed E-state index contributed by atoms with van der Waals surface area (Å²) < 4.78 is 15.9. The minimum absolute atomic E-state index is 0.557. The first-order valence-electron chi connectivity index (χ1n) is 18.9. The van der Waals surface area contributed by atoms with Crippen molar-refractivity contribution < 1.29 is 8.83 Å². The molecule has 0 radical (unpaired) electrons. The number of thiophene rings is 1. The summed E-state index contributed by atoms with van der Waals surface area (Å²) in [5.74, 6) is 1.77. The van der Waals surface area contributed by atoms with E-state index in [0.717, 1.165) is 82.8 Å². The normalized spacial score (nSPS) is 11.9. The Kier molecular flexibility index (Phi) is 7.03. The summed E-state index contributed by atoms with van der Waals surface area (Å²) in [6, 6.07) is 60.8. The first-order chi connectivity index (χ1) is 28.2. The second-order valence-corrected chi connectivity index (χ2v) is 15.4. The van der Waals surface area contributed by atoms with Gasteiger partial charge in [0.15, 0.2) is 17.5 Å². The molecule has 0 unspecified atom stereocenters. The van der Waals surface area contributed by atoms with Gasteiger partial charge in [-0.15, -0.1) is 11.3 Å². The highest BCUT2D eigenvalue weighted by molar-refractivity contribution is 7.26. The number of nitrogens with zero attached hydrogens (tertiary/aromatic N) is 3. The predicted molar refractivity (Wildman–Crippen MR) is 234 cm³/mol. The van der Waals surface area contributed by atoms with Crippen molar-refractivity contribution in [3.05, 3.63) is 176 Å². The quantitative estimate of drug-likeness (QED) is 0.175. The highest BCUT2D eigenvalue weighted by atomic mass is 32.1. The molecule has 8 aromatic carbocycles. The van der Waals surface area contributed by atoms with Crippen molar-refractivity contribution in [2.45, 2.75) is 0 Å². The molecule has 0 saturated heterocycles. The lowest BCUT2D eigenvalue weighted by atomic mass is 9.92. The maximum absolute atomic E-state index is 6.82. The van der Waals surface area contributed by atoms with Gasteiger partial charge in [-0.2, -0.15) is 0 Å². The van der Waals surface area contributed by atoms with Crippen LogP contribution in [0.25, 0.3) is 120 Å². The van der Waals surface area contributed by atoms with Crippen molar-refractivity contribution in [2.24, 2.45) is 0 Å². The van der Waals surface area contributed by atoms with Crippen LogP contribution in [0.1, 0.15) is 0 Å². The number of benzene rings is 8. The number of rotatable bonds is 5. The van der Waals surface area contributed by atoms with E-state index in [2.05, 4.69) is 97.1 Å². The lowest BCUT2D eigenvalue weighted by molar-refractivity contribution is 0.669. The molecule has 4 heterocycles. The van der Waals surface area contributed by atoms with Crippen molar-refractivity contribution in [2.75, 3.05) is 0 Å². The Bertz CT molecular complexity index is 3470. The van der Waals surface area contributed by atoms with Gasteiger partial charge in [-0.05, 0) is 53.1 Å². The highest BCUT2D eigenvalue weighted by Crippen LogP contribution is 2.47. The topological polar surface area (TPSA) is 65.0 Å². The van der Waals surface area contributed by atoms with Crippen LogP contribution in [-0.4, -0.2) is 15.0 Å². The summed E-state index contributed by atoms with van der Waals surface area (Å²) in [5, 5.41) is 6.75. The Hall–Kier alpha value is -7.41. The molecular weight excluding hydrogens is 719 g/mol. The number of fused-ring (bicyclic) bond motifs is 9. The van der Waals surface area contributed by atoms with Crippen molar-refractivity contribution in [1.29, 1.82) is 0 Å². The lowest BCUT2D eigenvalue weighted by Crippen LogP contribution is -2.00. The SMILES string of the molecule is c1ccc(-c2nc(-c3ccccc3)nc(-c3cccc4c3oc3cccc(-c5cc(-c6cccc7c6oc6ccccc67)c6c(c5)sc5ccccc56)c34)n2)cc1. The van der Waals surface area contributed by atoms with E-state index in [1.165, 1.54) is 20.2 Å². The second kappa shape index (κ2) is 12.6. The fourth-order valence-corrected chi connectivity index (χ4v) is 9.55. The molecule has 0 aliphatic heterocycles. The Labute approximate surface area is 330 Å². The number of aromatic nitrogens is 3. The van der Waals surface area contributed by atoms with Gasteiger partial charge in [0, 0.05) is 58.4 Å². The molecule has 5 nitrogen and oxygen atoms in total. The van der Waals surface area contributed by atoms with Crippen LogP contribution in [0.5, 0.6) is 0 Å². The molecular formula is C51H29N3O2S. The molecule has 0 aliphatic rings. The van der Waals surface area contributed by atoms with Gasteiger partial charge in [0.05, 0.1) is 5.56 Å². The third-order valence-corrected chi connectivity index (χ3v) is 12.1. The smallest absolute Gasteiger partial charge is 0.167 e. The van der Waals surface area contributed by atoms with E-state index in [4.69, 9.17) is 23.8 Å². The van der Waals surface area contributed by atoms with Gasteiger partial charge in [0.1, 0.15) is 22.3 Å². The Morgan fingerprint density at radius 2 is 0.895 bits per heavy atom. The molecule has 6 heteroatoms. The van der Waals surface area contributed by atoms with E-state index in [1.807, 2.05) is 90.2 Å². The zero-order valence-corrected chi connectivity index (χ0v) is 31.1. The standard InChI is InChI=1S/C51H29N3O2S/c1-3-14-30(15-4-1)49-52-50(31-16-5-2-6-17-31)54-51(53-49)39-24-12-23-38-45-33(20-13-26-42(45)56-48(38)39)32-28-40(46-37-19-8-10-27-43(37)57-44(46)29-32)36-22-11-21-35-34-18-7-9-25-41(34)55-47(35)36/h1-29H. The molecule has 4 aromatic heterocycles. The third kappa shape index (κ3) is 5.04. The molecule has 12 aromatic rings. The third-order valence-electron chi connectivity index (χ3n) is 10.9. The minimum Gasteiger partial charge on any atom is -0.455 e. The summed E-state index contributed by atoms with van der Waals surface area (Å²) in [6.07, 6.45) is 0. The first-order valence-corrected chi connectivity index (χ1v) is 19.7. The van der Waals surface area contributed by atoms with Crippen molar-refractivity contribution in [3.8, 4) is 56.4 Å². The lowest BCUT2D eigenvalue weighted by Gasteiger charge is -2.11. The molecule has 0 fully saturated rings. The van der Waals surface area contributed by atoms with E-state index in [9.17, 15) is 0 Å². The highest BCUT2D eigenvalue weighted by Gasteiger charge is 2.22. The van der Waals surface area contributed by atoms with Gasteiger partial charge in [-0.1, -0.05) is 140 Å². The van der Waals surface area contributed by atoms with Gasteiger partial charge < -0.3 is 8.83 Å². The van der Waals surface area contributed by atoms with E-state index < -0.39 is 0 Å². The molecule has 0 atom stereocenters. The Morgan fingerprint density at radius 1 is 0.333 bits per heavy atom. The van der Waals surface area contributed by atoms with Gasteiger partial charge in [0.25, 0.3) is 0 Å². The maximum Gasteiger partial charge on any atom is 0.167 e. The summed E-state index contributed by atoms with van der Waals surface area (Å²) in [5.41, 5.74) is 10.4. The van der Waals surface area contributed by atoms with E-state index in [0.29, 0.717) is 17.5 Å². The molecule has 12 rings (SSSR count). The van der Waals surface area contributed by atoms with Crippen LogP contribution in [-0.2, 0) is 0 Å². The zero-order valence-electron chi connectivity index (χ0n) is 30.3. The molecule has 0 bridgehead atoms. The van der Waals surface area contributed by atoms with Crippen molar-refractivity contribution in [1.82, 2.24) is 15.0 Å². The Balaban J connectivity index is 1.10. The molecule has 0 aliphatic carbocycles. The maximum atomic E-state index is 6.82. The summed E-state index contributed by atoms with van der Waals surface area (Å²) in [6.45, 7) is 0. The predicted octanol–water partition coefficient (Wildman–Crippen LogP) is 14.4. The monoisotopic (exact) mass is 747 g/mol. The fraction of sp³-hybridized carbons (Fsp3) is 0. The number of hydrogen-bond acceptors (Lipinski definition) is 6. The molecule has 0 spiro atoms. The van der Waals surface area contributed by atoms with Crippen LogP contribution in [0.15, 0.2) is 185 Å². The first kappa shape index (κ1) is 31.9. The number of furan rings is 2. The van der Waals surface area contributed by atoms with E-state index in [1.54, 1.807) is 0 Å². The number of para-hydroxylation sites is 3. The largest absolute Gasteiger partial charge is 0.455 e. The summed E-state index contributed by atoms with van der Waals surface area (Å²) in [4.78, 5) is 15.0. The summed E-state index contributed by atoms with van der Waals surface area (Å²) in [7, 11) is 0.